The summed E-state index contributed by atoms with van der Waals surface area (Å²) in [5.41, 5.74) is 2.62. The summed E-state index contributed by atoms with van der Waals surface area (Å²) in [6.07, 6.45) is 5.78. The second kappa shape index (κ2) is 11.6. The van der Waals surface area contributed by atoms with Crippen molar-refractivity contribution in [3.8, 4) is 11.5 Å². The fourth-order valence-electron chi connectivity index (χ4n) is 3.36. The summed E-state index contributed by atoms with van der Waals surface area (Å²) in [7, 11) is 1.68. The van der Waals surface area contributed by atoms with E-state index in [1.165, 1.54) is 24.4 Å². The first-order valence-electron chi connectivity index (χ1n) is 10.2. The number of benzene rings is 2. The minimum absolute atomic E-state index is 0. The minimum atomic E-state index is -0.452. The summed E-state index contributed by atoms with van der Waals surface area (Å²) in [5.74, 6) is 0.505. The first-order valence-corrected chi connectivity index (χ1v) is 10.2. The molecule has 0 amide bonds. The number of fused-ring (bicyclic) bond motifs is 1. The van der Waals surface area contributed by atoms with Crippen LogP contribution in [0.1, 0.15) is 11.1 Å². The van der Waals surface area contributed by atoms with Crippen LogP contribution in [-0.4, -0.2) is 29.5 Å². The Morgan fingerprint density at radius 1 is 1.12 bits per heavy atom. The van der Waals surface area contributed by atoms with Gasteiger partial charge >= 0.3 is 0 Å². The fraction of sp³-hybridized carbons (Fsp3) is 0.167. The van der Waals surface area contributed by atoms with E-state index < -0.39 is 5.82 Å². The Balaban J connectivity index is 0.00000306. The monoisotopic (exact) mass is 563 g/mol. The van der Waals surface area contributed by atoms with Gasteiger partial charge in [-0.15, -0.1) is 24.0 Å². The lowest BCUT2D eigenvalue weighted by Crippen LogP contribution is -2.37. The largest absolute Gasteiger partial charge is 0.453 e. The molecule has 4 rings (SSSR count). The molecule has 2 aromatic carbocycles. The van der Waals surface area contributed by atoms with Gasteiger partial charge in [-0.3, -0.25) is 9.98 Å². The molecule has 0 fully saturated rings. The summed E-state index contributed by atoms with van der Waals surface area (Å²) in [6, 6.07) is 13.0. The molecule has 4 aromatic rings. The molecule has 0 aliphatic carbocycles. The Morgan fingerprint density at radius 3 is 2.76 bits per heavy atom. The number of rotatable bonds is 7. The number of nitrogens with zero attached hydrogens (tertiary/aromatic N) is 2. The van der Waals surface area contributed by atoms with Gasteiger partial charge in [0.2, 0.25) is 0 Å². The summed E-state index contributed by atoms with van der Waals surface area (Å²) >= 11 is 0. The van der Waals surface area contributed by atoms with E-state index in [1.54, 1.807) is 43.6 Å². The maximum Gasteiger partial charge on any atom is 0.191 e. The molecule has 2 heterocycles. The SMILES string of the molecule is CN=C(NCCc1c[nH]c2cc(F)ccc12)NCc1ccc(Oc2cccnc2)c(F)c1.I. The highest BCUT2D eigenvalue weighted by Crippen LogP contribution is 2.24. The molecule has 0 bridgehead atoms. The van der Waals surface area contributed by atoms with Gasteiger partial charge in [0.1, 0.15) is 11.6 Å². The number of hydrogen-bond donors (Lipinski definition) is 3. The van der Waals surface area contributed by atoms with Crippen LogP contribution in [0.3, 0.4) is 0 Å². The van der Waals surface area contributed by atoms with Crippen LogP contribution in [0.5, 0.6) is 11.5 Å². The van der Waals surface area contributed by atoms with Crippen LogP contribution in [0, 0.1) is 11.6 Å². The van der Waals surface area contributed by atoms with Gasteiger partial charge in [0.25, 0.3) is 0 Å². The molecule has 6 nitrogen and oxygen atoms in total. The maximum absolute atomic E-state index is 14.4. The third-order valence-electron chi connectivity index (χ3n) is 4.96. The molecule has 0 radical (unpaired) electrons. The second-order valence-electron chi connectivity index (χ2n) is 7.16. The molecule has 9 heteroatoms. The van der Waals surface area contributed by atoms with E-state index in [0.29, 0.717) is 24.8 Å². The first kappa shape index (κ1) is 24.4. The normalized spacial score (nSPS) is 11.2. The van der Waals surface area contributed by atoms with Crippen molar-refractivity contribution in [3.05, 3.63) is 89.9 Å². The number of ether oxygens (including phenoxy) is 1. The van der Waals surface area contributed by atoms with E-state index in [-0.39, 0.29) is 35.5 Å². The standard InChI is InChI=1S/C24H23F2N5O.HI/c1-27-24(29-10-8-17-14-30-22-12-18(25)5-6-20(17)22)31-13-16-4-7-23(21(26)11-16)32-19-3-2-9-28-15-19;/h2-7,9,11-12,14-15,30H,8,10,13H2,1H3,(H2,27,29,31);1H. The van der Waals surface area contributed by atoms with Gasteiger partial charge in [0.15, 0.2) is 17.5 Å². The topological polar surface area (TPSA) is 74.3 Å². The predicted molar refractivity (Wildman–Crippen MR) is 136 cm³/mol. The number of pyridine rings is 1. The smallest absolute Gasteiger partial charge is 0.191 e. The second-order valence-corrected chi connectivity index (χ2v) is 7.16. The quantitative estimate of drug-likeness (QED) is 0.165. The number of halogens is 3. The third-order valence-corrected chi connectivity index (χ3v) is 4.96. The van der Waals surface area contributed by atoms with Crippen LogP contribution in [-0.2, 0) is 13.0 Å². The average Bonchev–Trinajstić information content (AvgIpc) is 3.20. The Hall–Kier alpha value is -3.21. The van der Waals surface area contributed by atoms with E-state index in [4.69, 9.17) is 4.74 Å². The number of H-pyrrole nitrogens is 1. The lowest BCUT2D eigenvalue weighted by molar-refractivity contribution is 0.440. The first-order chi connectivity index (χ1) is 15.6. The van der Waals surface area contributed by atoms with Gasteiger partial charge in [-0.25, -0.2) is 8.78 Å². The predicted octanol–water partition coefficient (Wildman–Crippen LogP) is 5.16. The summed E-state index contributed by atoms with van der Waals surface area (Å²) in [5, 5.41) is 7.41. The number of hydrogen-bond acceptors (Lipinski definition) is 3. The number of aliphatic imine (C=N–C) groups is 1. The highest BCUT2D eigenvalue weighted by Gasteiger charge is 2.08. The van der Waals surface area contributed by atoms with E-state index in [1.807, 2.05) is 6.20 Å². The van der Waals surface area contributed by atoms with Crippen molar-refractivity contribution in [2.45, 2.75) is 13.0 Å². The van der Waals surface area contributed by atoms with Crippen molar-refractivity contribution in [3.63, 3.8) is 0 Å². The zero-order valence-electron chi connectivity index (χ0n) is 17.9. The molecule has 0 aliphatic heterocycles. The molecular formula is C24H24F2IN5O. The van der Waals surface area contributed by atoms with Crippen LogP contribution >= 0.6 is 24.0 Å². The molecule has 0 spiro atoms. The van der Waals surface area contributed by atoms with Crippen LogP contribution in [0.25, 0.3) is 10.9 Å². The number of aromatic amines is 1. The molecule has 3 N–H and O–H groups in total. The number of guanidine groups is 1. The highest BCUT2D eigenvalue weighted by atomic mass is 127. The Kier molecular flexibility index (Phi) is 8.58. The molecule has 33 heavy (non-hydrogen) atoms. The molecule has 0 saturated heterocycles. The van der Waals surface area contributed by atoms with E-state index >= 15 is 0 Å². The summed E-state index contributed by atoms with van der Waals surface area (Å²) in [4.78, 5) is 11.2. The fourth-order valence-corrected chi connectivity index (χ4v) is 3.36. The summed E-state index contributed by atoms with van der Waals surface area (Å²) < 4.78 is 33.3. The van der Waals surface area contributed by atoms with Gasteiger partial charge in [0.05, 0.1) is 6.20 Å². The Morgan fingerprint density at radius 2 is 2.00 bits per heavy atom. The van der Waals surface area contributed by atoms with Crippen molar-refractivity contribution >= 4 is 40.8 Å². The van der Waals surface area contributed by atoms with E-state index in [0.717, 1.165) is 28.5 Å². The third kappa shape index (κ3) is 6.41. The number of aromatic nitrogens is 2. The summed E-state index contributed by atoms with van der Waals surface area (Å²) in [6.45, 7) is 1.03. The zero-order chi connectivity index (χ0) is 22.3. The number of nitrogens with one attached hydrogen (secondary N) is 3. The maximum atomic E-state index is 14.4. The van der Waals surface area contributed by atoms with Gasteiger partial charge in [-0.05, 0) is 60.0 Å². The molecule has 2 aromatic heterocycles. The molecule has 0 saturated carbocycles. The molecule has 0 atom stereocenters. The van der Waals surface area contributed by atoms with Gasteiger partial charge in [0, 0.05) is 43.4 Å². The zero-order valence-corrected chi connectivity index (χ0v) is 20.3. The van der Waals surface area contributed by atoms with Gasteiger partial charge < -0.3 is 20.4 Å². The average molecular weight is 563 g/mol. The van der Waals surface area contributed by atoms with Crippen molar-refractivity contribution in [2.24, 2.45) is 4.99 Å². The van der Waals surface area contributed by atoms with Gasteiger partial charge in [-0.2, -0.15) is 0 Å². The van der Waals surface area contributed by atoms with Crippen LogP contribution in [0.2, 0.25) is 0 Å². The van der Waals surface area contributed by atoms with Crippen molar-refractivity contribution in [1.29, 1.82) is 0 Å². The van der Waals surface area contributed by atoms with Crippen LogP contribution < -0.4 is 15.4 Å². The molecule has 172 valence electrons. The molecule has 0 aliphatic rings. The lowest BCUT2D eigenvalue weighted by Gasteiger charge is -2.13. The Labute approximate surface area is 207 Å². The van der Waals surface area contributed by atoms with Crippen molar-refractivity contribution in [2.75, 3.05) is 13.6 Å². The molecule has 0 unspecified atom stereocenters. The van der Waals surface area contributed by atoms with Crippen LogP contribution in [0.4, 0.5) is 8.78 Å². The lowest BCUT2D eigenvalue weighted by atomic mass is 10.1. The Bertz CT molecular complexity index is 1230. The van der Waals surface area contributed by atoms with Gasteiger partial charge in [-0.1, -0.05) is 6.07 Å². The highest BCUT2D eigenvalue weighted by molar-refractivity contribution is 14.0. The minimum Gasteiger partial charge on any atom is -0.453 e. The van der Waals surface area contributed by atoms with E-state index in [9.17, 15) is 8.78 Å². The van der Waals surface area contributed by atoms with E-state index in [2.05, 4.69) is 25.6 Å². The van der Waals surface area contributed by atoms with Crippen LogP contribution in [0.15, 0.2) is 72.1 Å². The molecular weight excluding hydrogens is 539 g/mol. The van der Waals surface area contributed by atoms with Crippen molar-refractivity contribution < 1.29 is 13.5 Å². The van der Waals surface area contributed by atoms with Crippen molar-refractivity contribution in [1.82, 2.24) is 20.6 Å².